The van der Waals surface area contributed by atoms with E-state index < -0.39 is 10.0 Å². The first-order valence-electron chi connectivity index (χ1n) is 11.3. The van der Waals surface area contributed by atoms with Crippen LogP contribution < -0.4 is 11.1 Å². The van der Waals surface area contributed by atoms with E-state index in [2.05, 4.69) is 42.2 Å². The largest absolute Gasteiger partial charge is 0.397 e. The highest BCUT2D eigenvalue weighted by Gasteiger charge is 2.37. The Hall–Kier alpha value is -3.82. The number of aromatic nitrogens is 6. The standard InChI is InChI=1S/C24H24N8O2S2/c1-14(2)21-22(25)16(4-5-18-13-35-15(3)29-18)10-27-24(21)31-20-8-9-26-23(30-20)17-11-28-32(12-17)36(33,34)19-6-7-19/h8-14,19H,6-7H2,1-3H3,(H3,25,26,27,30,31). The first-order valence-corrected chi connectivity index (χ1v) is 13.7. The maximum absolute atomic E-state index is 12.5. The summed E-state index contributed by atoms with van der Waals surface area (Å²) in [6, 6.07) is 1.70. The van der Waals surface area contributed by atoms with Gasteiger partial charge in [-0.25, -0.2) is 28.4 Å². The van der Waals surface area contributed by atoms with Crippen molar-refractivity contribution in [3.05, 3.63) is 58.1 Å². The van der Waals surface area contributed by atoms with Gasteiger partial charge in [0.05, 0.1) is 39.5 Å². The lowest BCUT2D eigenvalue weighted by Crippen LogP contribution is -2.17. The molecule has 0 saturated heterocycles. The molecule has 4 aromatic rings. The van der Waals surface area contributed by atoms with E-state index in [9.17, 15) is 8.42 Å². The van der Waals surface area contributed by atoms with E-state index in [0.717, 1.165) is 14.7 Å². The molecule has 1 aliphatic rings. The number of hydrogen-bond donors (Lipinski definition) is 2. The van der Waals surface area contributed by atoms with Gasteiger partial charge in [0.2, 0.25) is 0 Å². The Morgan fingerprint density at radius 2 is 2.00 bits per heavy atom. The quantitative estimate of drug-likeness (QED) is 0.364. The molecule has 0 aromatic carbocycles. The maximum Gasteiger partial charge on any atom is 0.256 e. The van der Waals surface area contributed by atoms with E-state index in [4.69, 9.17) is 5.73 Å². The van der Waals surface area contributed by atoms with Crippen LogP contribution in [0.2, 0.25) is 0 Å². The van der Waals surface area contributed by atoms with Crippen LogP contribution in [0.25, 0.3) is 11.4 Å². The van der Waals surface area contributed by atoms with Gasteiger partial charge in [-0.2, -0.15) is 9.19 Å². The van der Waals surface area contributed by atoms with Crippen molar-refractivity contribution in [1.82, 2.24) is 29.1 Å². The molecule has 0 spiro atoms. The second-order valence-electron chi connectivity index (χ2n) is 8.74. The molecular weight excluding hydrogens is 496 g/mol. The van der Waals surface area contributed by atoms with Crippen molar-refractivity contribution in [1.29, 1.82) is 0 Å². The highest BCUT2D eigenvalue weighted by molar-refractivity contribution is 7.90. The molecule has 1 saturated carbocycles. The molecule has 0 bridgehead atoms. The fourth-order valence-corrected chi connectivity index (χ4v) is 5.66. The van der Waals surface area contributed by atoms with E-state index in [1.165, 1.54) is 12.4 Å². The fourth-order valence-electron chi connectivity index (χ4n) is 3.64. The van der Waals surface area contributed by atoms with Crippen LogP contribution in [0.15, 0.2) is 36.2 Å². The summed E-state index contributed by atoms with van der Waals surface area (Å²) in [5.74, 6) is 7.59. The van der Waals surface area contributed by atoms with Gasteiger partial charge < -0.3 is 11.1 Å². The van der Waals surface area contributed by atoms with Crippen molar-refractivity contribution in [2.75, 3.05) is 11.1 Å². The number of thiazole rings is 1. The van der Waals surface area contributed by atoms with Gasteiger partial charge in [-0.15, -0.1) is 11.3 Å². The van der Waals surface area contributed by atoms with Gasteiger partial charge in [0, 0.05) is 23.3 Å². The van der Waals surface area contributed by atoms with Crippen LogP contribution in [-0.4, -0.2) is 42.8 Å². The summed E-state index contributed by atoms with van der Waals surface area (Å²) in [6.45, 7) is 5.99. The van der Waals surface area contributed by atoms with Crippen LogP contribution in [0.4, 0.5) is 17.3 Å². The summed E-state index contributed by atoms with van der Waals surface area (Å²) >= 11 is 1.54. The van der Waals surface area contributed by atoms with E-state index >= 15 is 0 Å². The second-order valence-corrected chi connectivity index (χ2v) is 11.9. The van der Waals surface area contributed by atoms with Crippen molar-refractivity contribution in [2.45, 2.75) is 44.8 Å². The Balaban J connectivity index is 1.42. The second kappa shape index (κ2) is 9.33. The summed E-state index contributed by atoms with van der Waals surface area (Å²) in [6.07, 6.45) is 7.44. The molecule has 4 aromatic heterocycles. The van der Waals surface area contributed by atoms with Crippen LogP contribution >= 0.6 is 11.3 Å². The van der Waals surface area contributed by atoms with Gasteiger partial charge in [-0.1, -0.05) is 19.8 Å². The summed E-state index contributed by atoms with van der Waals surface area (Å²) in [7, 11) is -3.46. The number of nitrogens with two attached hydrogens (primary N) is 1. The third kappa shape index (κ3) is 4.80. The number of nitrogen functional groups attached to an aromatic ring is 1. The zero-order chi connectivity index (χ0) is 25.4. The predicted molar refractivity (Wildman–Crippen MR) is 139 cm³/mol. The molecule has 0 unspecified atom stereocenters. The van der Waals surface area contributed by atoms with Gasteiger partial charge in [0.15, 0.2) is 5.82 Å². The third-order valence-electron chi connectivity index (χ3n) is 5.61. The Morgan fingerprint density at radius 3 is 2.69 bits per heavy atom. The lowest BCUT2D eigenvalue weighted by Gasteiger charge is -2.17. The highest BCUT2D eigenvalue weighted by Crippen LogP contribution is 2.33. The number of nitrogens with one attached hydrogen (secondary N) is 1. The van der Waals surface area contributed by atoms with Gasteiger partial charge in [-0.3, -0.25) is 0 Å². The molecule has 0 atom stereocenters. The molecule has 5 rings (SSSR count). The first kappa shape index (κ1) is 23.9. The SMILES string of the molecule is Cc1nc(C#Cc2cnc(Nc3ccnc(-c4cnn(S(=O)(=O)C5CC5)c4)n3)c(C(C)C)c2N)cs1. The summed E-state index contributed by atoms with van der Waals surface area (Å²) < 4.78 is 25.9. The Labute approximate surface area is 213 Å². The number of nitrogens with zero attached hydrogens (tertiary/aromatic N) is 6. The molecule has 3 N–H and O–H groups in total. The van der Waals surface area contributed by atoms with E-state index in [1.54, 1.807) is 29.8 Å². The van der Waals surface area contributed by atoms with Gasteiger partial charge in [-0.05, 0) is 37.7 Å². The molecule has 0 radical (unpaired) electrons. The van der Waals surface area contributed by atoms with Gasteiger partial charge >= 0.3 is 0 Å². The van der Waals surface area contributed by atoms with Crippen LogP contribution in [0.3, 0.4) is 0 Å². The highest BCUT2D eigenvalue weighted by atomic mass is 32.2. The van der Waals surface area contributed by atoms with Crippen molar-refractivity contribution in [3.63, 3.8) is 0 Å². The van der Waals surface area contributed by atoms with Crippen LogP contribution in [-0.2, 0) is 10.0 Å². The number of pyridine rings is 1. The minimum Gasteiger partial charge on any atom is -0.397 e. The Kier molecular flexibility index (Phi) is 6.19. The van der Waals surface area contributed by atoms with Crippen LogP contribution in [0.1, 0.15) is 54.4 Å². The molecular formula is C24H24N8O2S2. The summed E-state index contributed by atoms with van der Waals surface area (Å²) in [5.41, 5.74) is 9.69. The van der Waals surface area contributed by atoms with Crippen molar-refractivity contribution in [2.24, 2.45) is 0 Å². The molecule has 10 nitrogen and oxygen atoms in total. The average Bonchev–Trinajstić information content (AvgIpc) is 3.44. The number of hydrogen-bond acceptors (Lipinski definition) is 10. The molecule has 1 fully saturated rings. The molecule has 4 heterocycles. The number of anilines is 3. The molecule has 0 amide bonds. The van der Waals surface area contributed by atoms with E-state index in [0.29, 0.717) is 52.8 Å². The molecule has 12 heteroatoms. The van der Waals surface area contributed by atoms with Crippen LogP contribution in [0, 0.1) is 18.8 Å². The molecule has 1 aliphatic carbocycles. The minimum atomic E-state index is -3.46. The first-order chi connectivity index (χ1) is 17.2. The summed E-state index contributed by atoms with van der Waals surface area (Å²) in [4.78, 5) is 17.8. The van der Waals surface area contributed by atoms with E-state index in [1.807, 2.05) is 26.2 Å². The summed E-state index contributed by atoms with van der Waals surface area (Å²) in [5, 5.41) is 9.75. The fraction of sp³-hybridized carbons (Fsp3) is 0.292. The minimum absolute atomic E-state index is 0.0652. The third-order valence-corrected chi connectivity index (χ3v) is 8.42. The van der Waals surface area contributed by atoms with Crippen LogP contribution in [0.5, 0.6) is 0 Å². The molecule has 36 heavy (non-hydrogen) atoms. The van der Waals surface area contributed by atoms with Crippen molar-refractivity contribution >= 4 is 38.7 Å². The molecule has 0 aliphatic heterocycles. The Bertz CT molecular complexity index is 1610. The lowest BCUT2D eigenvalue weighted by molar-refractivity contribution is 0.578. The normalized spacial score (nSPS) is 13.4. The monoisotopic (exact) mass is 520 g/mol. The zero-order valence-electron chi connectivity index (χ0n) is 19.9. The van der Waals surface area contributed by atoms with E-state index in [-0.39, 0.29) is 11.2 Å². The number of aryl methyl sites for hydroxylation is 1. The lowest BCUT2D eigenvalue weighted by atomic mass is 9.99. The van der Waals surface area contributed by atoms with Gasteiger partial charge in [0.25, 0.3) is 10.0 Å². The van der Waals surface area contributed by atoms with Crippen molar-refractivity contribution in [3.8, 4) is 23.2 Å². The topological polar surface area (TPSA) is 142 Å². The predicted octanol–water partition coefficient (Wildman–Crippen LogP) is 3.69. The average molecular weight is 521 g/mol. The molecule has 184 valence electrons. The smallest absolute Gasteiger partial charge is 0.256 e. The maximum atomic E-state index is 12.5. The Morgan fingerprint density at radius 1 is 1.19 bits per heavy atom. The van der Waals surface area contributed by atoms with Crippen molar-refractivity contribution < 1.29 is 8.42 Å². The zero-order valence-corrected chi connectivity index (χ0v) is 21.6. The number of rotatable bonds is 6. The van der Waals surface area contributed by atoms with Gasteiger partial charge in [0.1, 0.15) is 17.3 Å².